The predicted octanol–water partition coefficient (Wildman–Crippen LogP) is 0.813. The Balaban J connectivity index is 1.58. The lowest BCUT2D eigenvalue weighted by Crippen LogP contribution is -2.50. The van der Waals surface area contributed by atoms with E-state index < -0.39 is 0 Å². The molecule has 0 atom stereocenters. The molecule has 1 aliphatic rings. The van der Waals surface area contributed by atoms with Crippen molar-refractivity contribution in [2.45, 2.75) is 6.42 Å². The molecule has 0 unspecified atom stereocenters. The zero-order valence-electron chi connectivity index (χ0n) is 12.2. The molecule has 0 bridgehead atoms. The zero-order chi connectivity index (χ0) is 14.7. The van der Waals surface area contributed by atoms with Crippen LogP contribution < -0.4 is 5.73 Å². The molecule has 1 aromatic heterocycles. The number of nitrogens with two attached hydrogens (primary N) is 1. The minimum absolute atomic E-state index is 0.220. The van der Waals surface area contributed by atoms with Crippen LogP contribution in [0.25, 0.3) is 10.9 Å². The van der Waals surface area contributed by atoms with Crippen LogP contribution in [-0.2, 0) is 11.2 Å². The topological polar surface area (TPSA) is 65.4 Å². The van der Waals surface area contributed by atoms with Gasteiger partial charge in [0, 0.05) is 51.0 Å². The highest BCUT2D eigenvalue weighted by atomic mass is 16.2. The van der Waals surface area contributed by atoms with Crippen LogP contribution in [-0.4, -0.2) is 60.0 Å². The molecule has 2 heterocycles. The van der Waals surface area contributed by atoms with Gasteiger partial charge in [-0.1, -0.05) is 6.07 Å². The Kier molecular flexibility index (Phi) is 4.22. The summed E-state index contributed by atoms with van der Waals surface area (Å²) in [6.07, 6.45) is 2.41. The van der Waals surface area contributed by atoms with Gasteiger partial charge in [-0.2, -0.15) is 0 Å². The molecule has 1 saturated heterocycles. The third-order valence-corrected chi connectivity index (χ3v) is 4.14. The third-order valence-electron chi connectivity index (χ3n) is 4.14. The van der Waals surface area contributed by atoms with Crippen molar-refractivity contribution in [1.29, 1.82) is 0 Å². The molecule has 3 rings (SSSR count). The molecule has 2 aromatic rings. The molecule has 1 aromatic carbocycles. The van der Waals surface area contributed by atoms with E-state index in [-0.39, 0.29) is 5.91 Å². The summed E-state index contributed by atoms with van der Waals surface area (Å²) in [7, 11) is 0. The number of nitrogens with zero attached hydrogens (tertiary/aromatic N) is 2. The Hall–Kier alpha value is -1.85. The van der Waals surface area contributed by atoms with Gasteiger partial charge in [0.1, 0.15) is 0 Å². The van der Waals surface area contributed by atoms with E-state index in [1.807, 2.05) is 29.3 Å². The molecular formula is C16H22N4O. The lowest BCUT2D eigenvalue weighted by molar-refractivity contribution is -0.132. The Morgan fingerprint density at radius 2 is 2.00 bits per heavy atom. The summed E-state index contributed by atoms with van der Waals surface area (Å²) in [5.74, 6) is 0.220. The first-order chi connectivity index (χ1) is 10.3. The van der Waals surface area contributed by atoms with Crippen molar-refractivity contribution in [3.8, 4) is 0 Å². The van der Waals surface area contributed by atoms with E-state index in [4.69, 9.17) is 5.73 Å². The van der Waals surface area contributed by atoms with Crippen molar-refractivity contribution in [1.82, 2.24) is 14.8 Å². The summed E-state index contributed by atoms with van der Waals surface area (Å²) in [5.41, 5.74) is 7.76. The number of rotatable bonds is 4. The number of aromatic nitrogens is 1. The average Bonchev–Trinajstić information content (AvgIpc) is 2.96. The second kappa shape index (κ2) is 6.28. The fraction of sp³-hybridized carbons (Fsp3) is 0.438. The van der Waals surface area contributed by atoms with Crippen LogP contribution in [0.2, 0.25) is 0 Å². The first kappa shape index (κ1) is 14.1. The number of hydrogen-bond acceptors (Lipinski definition) is 3. The van der Waals surface area contributed by atoms with Gasteiger partial charge in [-0.05, 0) is 29.1 Å². The Morgan fingerprint density at radius 1 is 1.19 bits per heavy atom. The van der Waals surface area contributed by atoms with Gasteiger partial charge < -0.3 is 15.6 Å². The molecule has 3 N–H and O–H groups in total. The molecular weight excluding hydrogens is 264 g/mol. The van der Waals surface area contributed by atoms with Crippen molar-refractivity contribution < 1.29 is 4.79 Å². The molecule has 5 heteroatoms. The van der Waals surface area contributed by atoms with Gasteiger partial charge in [0.25, 0.3) is 0 Å². The van der Waals surface area contributed by atoms with Crippen LogP contribution in [0.5, 0.6) is 0 Å². The number of fused-ring (bicyclic) bond motifs is 1. The van der Waals surface area contributed by atoms with Gasteiger partial charge >= 0.3 is 0 Å². The van der Waals surface area contributed by atoms with Crippen molar-refractivity contribution in [3.63, 3.8) is 0 Å². The lowest BCUT2D eigenvalue weighted by atomic mass is 10.1. The fourth-order valence-corrected chi connectivity index (χ4v) is 2.90. The van der Waals surface area contributed by atoms with E-state index in [1.165, 1.54) is 0 Å². The first-order valence-electron chi connectivity index (χ1n) is 7.52. The molecule has 0 saturated carbocycles. The Morgan fingerprint density at radius 3 is 2.76 bits per heavy atom. The number of hydrogen-bond donors (Lipinski definition) is 2. The zero-order valence-corrected chi connectivity index (χ0v) is 12.2. The number of amides is 1. The first-order valence-corrected chi connectivity index (χ1v) is 7.52. The SMILES string of the molecule is NCCN1CCN(C(=O)Cc2ccc3[nH]ccc3c2)CC1. The summed E-state index contributed by atoms with van der Waals surface area (Å²) >= 11 is 0. The van der Waals surface area contributed by atoms with Crippen molar-refractivity contribution in [2.24, 2.45) is 5.73 Å². The van der Waals surface area contributed by atoms with Gasteiger partial charge in [0.15, 0.2) is 0 Å². The summed E-state index contributed by atoms with van der Waals surface area (Å²) in [6, 6.07) is 8.20. The summed E-state index contributed by atoms with van der Waals surface area (Å²) < 4.78 is 0. The average molecular weight is 286 g/mol. The highest BCUT2D eigenvalue weighted by molar-refractivity contribution is 5.83. The molecule has 0 radical (unpaired) electrons. The van der Waals surface area contributed by atoms with Crippen LogP contribution >= 0.6 is 0 Å². The number of carbonyl (C=O) groups excluding carboxylic acids is 1. The highest BCUT2D eigenvalue weighted by Gasteiger charge is 2.20. The smallest absolute Gasteiger partial charge is 0.227 e. The fourth-order valence-electron chi connectivity index (χ4n) is 2.90. The molecule has 1 amide bonds. The largest absolute Gasteiger partial charge is 0.361 e. The quantitative estimate of drug-likeness (QED) is 0.874. The van der Waals surface area contributed by atoms with Gasteiger partial charge in [0.05, 0.1) is 6.42 Å². The van der Waals surface area contributed by atoms with E-state index in [9.17, 15) is 4.79 Å². The van der Waals surface area contributed by atoms with E-state index in [0.29, 0.717) is 13.0 Å². The lowest BCUT2D eigenvalue weighted by Gasteiger charge is -2.34. The maximum atomic E-state index is 12.4. The van der Waals surface area contributed by atoms with Gasteiger partial charge in [-0.15, -0.1) is 0 Å². The second-order valence-electron chi connectivity index (χ2n) is 5.59. The number of aromatic amines is 1. The number of benzene rings is 1. The number of carbonyl (C=O) groups is 1. The van der Waals surface area contributed by atoms with Crippen LogP contribution in [0.3, 0.4) is 0 Å². The van der Waals surface area contributed by atoms with Gasteiger partial charge in [-0.3, -0.25) is 9.69 Å². The molecule has 21 heavy (non-hydrogen) atoms. The van der Waals surface area contributed by atoms with Gasteiger partial charge in [-0.25, -0.2) is 0 Å². The molecule has 1 aliphatic heterocycles. The van der Waals surface area contributed by atoms with Crippen molar-refractivity contribution >= 4 is 16.8 Å². The predicted molar refractivity (Wildman–Crippen MR) is 84.1 cm³/mol. The van der Waals surface area contributed by atoms with Crippen molar-refractivity contribution in [2.75, 3.05) is 39.3 Å². The molecule has 0 spiro atoms. The summed E-state index contributed by atoms with van der Waals surface area (Å²) in [4.78, 5) is 19.8. The molecule has 1 fully saturated rings. The number of H-pyrrole nitrogens is 1. The minimum Gasteiger partial charge on any atom is -0.361 e. The number of piperazine rings is 1. The Bertz CT molecular complexity index is 614. The molecule has 0 aliphatic carbocycles. The van der Waals surface area contributed by atoms with Crippen LogP contribution in [0.1, 0.15) is 5.56 Å². The van der Waals surface area contributed by atoms with E-state index in [1.54, 1.807) is 0 Å². The van der Waals surface area contributed by atoms with Crippen LogP contribution in [0, 0.1) is 0 Å². The normalized spacial score (nSPS) is 16.5. The summed E-state index contributed by atoms with van der Waals surface area (Å²) in [6.45, 7) is 5.09. The maximum Gasteiger partial charge on any atom is 0.227 e. The Labute approximate surface area is 124 Å². The van der Waals surface area contributed by atoms with Gasteiger partial charge in [0.2, 0.25) is 5.91 Å². The summed E-state index contributed by atoms with van der Waals surface area (Å²) in [5, 5.41) is 1.16. The van der Waals surface area contributed by atoms with E-state index in [2.05, 4.69) is 16.0 Å². The maximum absolute atomic E-state index is 12.4. The molecule has 5 nitrogen and oxygen atoms in total. The molecule has 112 valence electrons. The third kappa shape index (κ3) is 3.25. The standard InChI is InChI=1S/C16H22N4O/c17-4-6-19-7-9-20(10-8-19)16(21)12-13-1-2-15-14(11-13)3-5-18-15/h1-3,5,11,18H,4,6-10,12,17H2. The van der Waals surface area contributed by atoms with Crippen LogP contribution in [0.15, 0.2) is 30.5 Å². The minimum atomic E-state index is 0.220. The van der Waals surface area contributed by atoms with Crippen LogP contribution in [0.4, 0.5) is 0 Å². The van der Waals surface area contributed by atoms with E-state index in [0.717, 1.165) is 49.2 Å². The van der Waals surface area contributed by atoms with E-state index >= 15 is 0 Å². The number of nitrogens with one attached hydrogen (secondary N) is 1. The monoisotopic (exact) mass is 286 g/mol. The highest BCUT2D eigenvalue weighted by Crippen LogP contribution is 2.15. The second-order valence-corrected chi connectivity index (χ2v) is 5.59. The van der Waals surface area contributed by atoms with Crippen molar-refractivity contribution in [3.05, 3.63) is 36.0 Å².